The molecule has 176 valence electrons. The monoisotopic (exact) mass is 426 g/mol. The SMILES string of the molecule is CC(=O)O[C@H]1CCC[C@]2(C)C(C(CCCC(C)(C)O)CCC(O)C(C)(C)O)CCC12. The molecule has 5 nitrogen and oxygen atoms in total. The molecular formula is C25H46O5. The van der Waals surface area contributed by atoms with E-state index in [2.05, 4.69) is 6.92 Å². The van der Waals surface area contributed by atoms with Crippen LogP contribution in [0.1, 0.15) is 106 Å². The molecule has 0 aromatic heterocycles. The van der Waals surface area contributed by atoms with Crippen LogP contribution in [0.5, 0.6) is 0 Å². The molecule has 2 saturated carbocycles. The van der Waals surface area contributed by atoms with Crippen LogP contribution in [0, 0.1) is 23.2 Å². The summed E-state index contributed by atoms with van der Waals surface area (Å²) in [7, 11) is 0. The van der Waals surface area contributed by atoms with Gasteiger partial charge in [0, 0.05) is 12.8 Å². The molecule has 0 spiro atoms. The van der Waals surface area contributed by atoms with E-state index in [1.165, 1.54) is 6.92 Å². The van der Waals surface area contributed by atoms with Crippen molar-refractivity contribution in [1.29, 1.82) is 0 Å². The van der Waals surface area contributed by atoms with Crippen LogP contribution >= 0.6 is 0 Å². The van der Waals surface area contributed by atoms with E-state index in [9.17, 15) is 20.1 Å². The quantitative estimate of drug-likeness (QED) is 0.444. The first-order valence-corrected chi connectivity index (χ1v) is 12.0. The third-order valence-electron chi connectivity index (χ3n) is 8.01. The summed E-state index contributed by atoms with van der Waals surface area (Å²) in [6.45, 7) is 10.9. The number of hydrogen-bond acceptors (Lipinski definition) is 5. The van der Waals surface area contributed by atoms with E-state index in [1.807, 2.05) is 13.8 Å². The number of ether oxygens (including phenoxy) is 1. The Balaban J connectivity index is 2.14. The summed E-state index contributed by atoms with van der Waals surface area (Å²) < 4.78 is 5.72. The highest BCUT2D eigenvalue weighted by Gasteiger charge is 2.54. The van der Waals surface area contributed by atoms with Crippen LogP contribution in [-0.2, 0) is 9.53 Å². The average molecular weight is 427 g/mol. The Kier molecular flexibility index (Phi) is 8.43. The van der Waals surface area contributed by atoms with Crippen molar-refractivity contribution in [2.24, 2.45) is 23.2 Å². The van der Waals surface area contributed by atoms with Crippen LogP contribution in [0.2, 0.25) is 0 Å². The second-order valence-electron chi connectivity index (χ2n) is 11.5. The Morgan fingerprint density at radius 3 is 2.33 bits per heavy atom. The summed E-state index contributed by atoms with van der Waals surface area (Å²) in [6.07, 6.45) is 8.94. The van der Waals surface area contributed by atoms with Crippen molar-refractivity contribution >= 4 is 5.97 Å². The molecule has 2 fully saturated rings. The summed E-state index contributed by atoms with van der Waals surface area (Å²) in [5.41, 5.74) is -1.60. The van der Waals surface area contributed by atoms with E-state index in [1.54, 1.807) is 13.8 Å². The van der Waals surface area contributed by atoms with Crippen molar-refractivity contribution < 1.29 is 24.9 Å². The van der Waals surface area contributed by atoms with Crippen molar-refractivity contribution in [2.45, 2.75) is 129 Å². The van der Waals surface area contributed by atoms with Crippen LogP contribution in [0.3, 0.4) is 0 Å². The second kappa shape index (κ2) is 9.87. The van der Waals surface area contributed by atoms with Crippen LogP contribution in [-0.4, -0.2) is 44.7 Å². The topological polar surface area (TPSA) is 87.0 Å². The summed E-state index contributed by atoms with van der Waals surface area (Å²) >= 11 is 0. The highest BCUT2D eigenvalue weighted by Crippen LogP contribution is 2.59. The number of carbonyl (C=O) groups excluding carboxylic acids is 1. The zero-order valence-electron chi connectivity index (χ0n) is 20.1. The molecule has 0 aromatic carbocycles. The van der Waals surface area contributed by atoms with E-state index >= 15 is 0 Å². The van der Waals surface area contributed by atoms with E-state index in [0.29, 0.717) is 24.2 Å². The Bertz CT molecular complexity index is 561. The van der Waals surface area contributed by atoms with Crippen molar-refractivity contribution in [3.05, 3.63) is 0 Å². The highest BCUT2D eigenvalue weighted by molar-refractivity contribution is 5.66. The van der Waals surface area contributed by atoms with Gasteiger partial charge in [-0.2, -0.15) is 0 Å². The lowest BCUT2D eigenvalue weighted by molar-refractivity contribution is -0.155. The maximum absolute atomic E-state index is 11.6. The van der Waals surface area contributed by atoms with Gasteiger partial charge in [-0.15, -0.1) is 0 Å². The molecule has 0 aliphatic heterocycles. The van der Waals surface area contributed by atoms with Gasteiger partial charge in [-0.25, -0.2) is 0 Å². The number of fused-ring (bicyclic) bond motifs is 1. The molecule has 0 saturated heterocycles. The van der Waals surface area contributed by atoms with Gasteiger partial charge in [0.1, 0.15) is 6.10 Å². The fraction of sp³-hybridized carbons (Fsp3) is 0.960. The minimum absolute atomic E-state index is 0.0326. The first-order valence-electron chi connectivity index (χ1n) is 12.0. The lowest BCUT2D eigenvalue weighted by atomic mass is 9.60. The number of hydrogen-bond donors (Lipinski definition) is 3. The standard InChI is InChI=1S/C25H46O5/c1-17(26)30-21-10-8-16-25(6)19(12-13-20(21)25)18(9-7-15-23(2,3)28)11-14-22(27)24(4,5)29/h18-22,27-29H,7-16H2,1-6H3/t18?,19?,20?,21-,22?,25+/m0/s1. The molecule has 30 heavy (non-hydrogen) atoms. The van der Waals surface area contributed by atoms with E-state index in [-0.39, 0.29) is 17.5 Å². The predicted octanol–water partition coefficient (Wildman–Crippen LogP) is 4.60. The number of aliphatic hydroxyl groups is 3. The molecule has 5 heteroatoms. The number of aliphatic hydroxyl groups excluding tert-OH is 1. The van der Waals surface area contributed by atoms with Gasteiger partial charge in [0.05, 0.1) is 17.3 Å². The Morgan fingerprint density at radius 2 is 1.77 bits per heavy atom. The van der Waals surface area contributed by atoms with Crippen molar-refractivity contribution in [3.8, 4) is 0 Å². The van der Waals surface area contributed by atoms with Gasteiger partial charge < -0.3 is 20.1 Å². The van der Waals surface area contributed by atoms with Gasteiger partial charge in [-0.05, 0) is 96.3 Å². The third-order valence-corrected chi connectivity index (χ3v) is 8.01. The van der Waals surface area contributed by atoms with Crippen LogP contribution in [0.15, 0.2) is 0 Å². The molecule has 0 amide bonds. The predicted molar refractivity (Wildman–Crippen MR) is 119 cm³/mol. The van der Waals surface area contributed by atoms with E-state index in [0.717, 1.165) is 57.8 Å². The molecule has 0 heterocycles. The molecule has 6 atom stereocenters. The lowest BCUT2D eigenvalue weighted by Gasteiger charge is -2.47. The van der Waals surface area contributed by atoms with Gasteiger partial charge in [-0.1, -0.05) is 19.8 Å². The minimum atomic E-state index is -1.09. The van der Waals surface area contributed by atoms with E-state index < -0.39 is 17.3 Å². The van der Waals surface area contributed by atoms with Crippen LogP contribution < -0.4 is 0 Å². The van der Waals surface area contributed by atoms with Gasteiger partial charge in [-0.3, -0.25) is 4.79 Å². The fourth-order valence-corrected chi connectivity index (χ4v) is 6.36. The Morgan fingerprint density at radius 1 is 1.10 bits per heavy atom. The second-order valence-corrected chi connectivity index (χ2v) is 11.5. The molecule has 2 rings (SSSR count). The summed E-state index contributed by atoms with van der Waals surface area (Å²) in [5.74, 6) is 1.20. The van der Waals surface area contributed by atoms with Crippen molar-refractivity contribution in [2.75, 3.05) is 0 Å². The van der Waals surface area contributed by atoms with Crippen LogP contribution in [0.25, 0.3) is 0 Å². The zero-order chi connectivity index (χ0) is 22.7. The van der Waals surface area contributed by atoms with E-state index in [4.69, 9.17) is 4.74 Å². The molecular weight excluding hydrogens is 380 g/mol. The summed E-state index contributed by atoms with van der Waals surface area (Å²) in [6, 6.07) is 0. The number of carbonyl (C=O) groups is 1. The van der Waals surface area contributed by atoms with Gasteiger partial charge in [0.2, 0.25) is 0 Å². The van der Waals surface area contributed by atoms with Crippen molar-refractivity contribution in [3.63, 3.8) is 0 Å². The maximum Gasteiger partial charge on any atom is 0.302 e. The summed E-state index contributed by atoms with van der Waals surface area (Å²) in [4.78, 5) is 11.6. The lowest BCUT2D eigenvalue weighted by Crippen LogP contribution is -2.44. The first kappa shape index (κ1) is 25.6. The Labute approximate surface area is 183 Å². The maximum atomic E-state index is 11.6. The highest BCUT2D eigenvalue weighted by atomic mass is 16.5. The molecule has 0 radical (unpaired) electrons. The number of esters is 1. The minimum Gasteiger partial charge on any atom is -0.462 e. The largest absolute Gasteiger partial charge is 0.462 e. The van der Waals surface area contributed by atoms with Gasteiger partial charge in [0.15, 0.2) is 0 Å². The van der Waals surface area contributed by atoms with Gasteiger partial charge >= 0.3 is 5.97 Å². The Hall–Kier alpha value is -0.650. The fourth-order valence-electron chi connectivity index (χ4n) is 6.36. The van der Waals surface area contributed by atoms with Gasteiger partial charge in [0.25, 0.3) is 0 Å². The first-order chi connectivity index (χ1) is 13.7. The third kappa shape index (κ3) is 6.67. The summed E-state index contributed by atoms with van der Waals surface area (Å²) in [5, 5.41) is 30.8. The van der Waals surface area contributed by atoms with Crippen molar-refractivity contribution in [1.82, 2.24) is 0 Å². The molecule has 2 aliphatic rings. The van der Waals surface area contributed by atoms with Crippen LogP contribution in [0.4, 0.5) is 0 Å². The zero-order valence-corrected chi connectivity index (χ0v) is 20.1. The molecule has 0 aromatic rings. The normalized spacial score (nSPS) is 31.8. The average Bonchev–Trinajstić information content (AvgIpc) is 2.93. The number of rotatable bonds is 10. The smallest absolute Gasteiger partial charge is 0.302 e. The molecule has 0 bridgehead atoms. The molecule has 2 aliphatic carbocycles. The molecule has 4 unspecified atom stereocenters. The molecule has 3 N–H and O–H groups in total.